The van der Waals surface area contributed by atoms with Gasteiger partial charge in [0.05, 0.1) is 0 Å². The van der Waals surface area contributed by atoms with Gasteiger partial charge in [-0.1, -0.05) is 27.7 Å². The highest BCUT2D eigenvalue weighted by Crippen LogP contribution is 2.50. The maximum absolute atomic E-state index is 11.1. The topological polar surface area (TPSA) is 43.1 Å². The maximum Gasteiger partial charge on any atom is 0.220 e. The van der Waals surface area contributed by atoms with E-state index in [9.17, 15) is 10.1 Å². The van der Waals surface area contributed by atoms with Gasteiger partial charge in [0.2, 0.25) is 5.54 Å². The Labute approximate surface area is 86.0 Å². The Kier molecular flexibility index (Phi) is 2.41. The fourth-order valence-electron chi connectivity index (χ4n) is 3.67. The fourth-order valence-corrected chi connectivity index (χ4v) is 3.67. The molecule has 0 aromatic rings. The van der Waals surface area contributed by atoms with Gasteiger partial charge in [0, 0.05) is 24.7 Å². The van der Waals surface area contributed by atoms with Gasteiger partial charge in [-0.05, 0) is 17.3 Å². The fraction of sp³-hybridized carbons (Fsp3) is 1.00. The zero-order valence-corrected chi connectivity index (χ0v) is 9.89. The molecule has 3 heteroatoms. The lowest BCUT2D eigenvalue weighted by molar-refractivity contribution is -0.577. The van der Waals surface area contributed by atoms with Crippen LogP contribution in [0.5, 0.6) is 0 Å². The molecule has 1 fully saturated rings. The Bertz CT molecular complexity index is 240. The Balaban J connectivity index is 2.97. The number of hydrogen-bond acceptors (Lipinski definition) is 2. The Hall–Kier alpha value is -0.600. The van der Waals surface area contributed by atoms with Crippen molar-refractivity contribution in [2.45, 2.75) is 59.4 Å². The molecule has 1 saturated carbocycles. The van der Waals surface area contributed by atoms with Crippen LogP contribution in [0.15, 0.2) is 0 Å². The molecule has 0 bridgehead atoms. The van der Waals surface area contributed by atoms with Gasteiger partial charge in [-0.3, -0.25) is 10.1 Å². The summed E-state index contributed by atoms with van der Waals surface area (Å²) in [6, 6.07) is 0. The highest BCUT2D eigenvalue weighted by molar-refractivity contribution is 4.95. The second-order valence-corrected chi connectivity index (χ2v) is 6.61. The van der Waals surface area contributed by atoms with E-state index in [4.69, 9.17) is 0 Å². The standard InChI is InChI=1S/C11H21NO2/c1-9(2)6-10(3,4)8-11(5,7-9)12(13)14/h6-8H2,1-5H3. The molecular weight excluding hydrogens is 178 g/mol. The molecule has 1 aliphatic rings. The second kappa shape index (κ2) is 2.94. The van der Waals surface area contributed by atoms with Crippen LogP contribution >= 0.6 is 0 Å². The predicted octanol–water partition coefficient (Wildman–Crippen LogP) is 3.26. The summed E-state index contributed by atoms with van der Waals surface area (Å²) < 4.78 is 0. The lowest BCUT2D eigenvalue weighted by Gasteiger charge is -2.45. The molecule has 1 rings (SSSR count). The minimum atomic E-state index is -0.731. The van der Waals surface area contributed by atoms with Gasteiger partial charge in [0.15, 0.2) is 0 Å². The molecule has 3 nitrogen and oxygen atoms in total. The van der Waals surface area contributed by atoms with Crippen molar-refractivity contribution in [3.8, 4) is 0 Å². The average Bonchev–Trinajstić information content (AvgIpc) is 1.76. The third-order valence-corrected chi connectivity index (χ3v) is 3.12. The van der Waals surface area contributed by atoms with Crippen molar-refractivity contribution in [3.05, 3.63) is 10.1 Å². The minimum Gasteiger partial charge on any atom is -0.264 e. The number of nitro groups is 1. The highest BCUT2D eigenvalue weighted by atomic mass is 16.6. The minimum absolute atomic E-state index is 0.0869. The summed E-state index contributed by atoms with van der Waals surface area (Å²) in [4.78, 5) is 11.0. The molecule has 0 saturated heterocycles. The molecule has 0 unspecified atom stereocenters. The van der Waals surface area contributed by atoms with E-state index in [0.717, 1.165) is 6.42 Å². The first-order chi connectivity index (χ1) is 6.06. The first-order valence-corrected chi connectivity index (χ1v) is 5.21. The molecular formula is C11H21NO2. The van der Waals surface area contributed by atoms with Crippen LogP contribution < -0.4 is 0 Å². The summed E-state index contributed by atoms with van der Waals surface area (Å²) in [5, 5.41) is 11.1. The molecule has 0 radical (unpaired) electrons. The van der Waals surface area contributed by atoms with Crippen molar-refractivity contribution in [2.75, 3.05) is 0 Å². The largest absolute Gasteiger partial charge is 0.264 e. The highest BCUT2D eigenvalue weighted by Gasteiger charge is 2.52. The summed E-state index contributed by atoms with van der Waals surface area (Å²) in [6.07, 6.45) is 2.45. The van der Waals surface area contributed by atoms with E-state index in [1.54, 1.807) is 6.92 Å². The van der Waals surface area contributed by atoms with Gasteiger partial charge in [-0.2, -0.15) is 0 Å². The van der Waals surface area contributed by atoms with Gasteiger partial charge < -0.3 is 0 Å². The normalized spacial score (nSPS) is 28.4. The van der Waals surface area contributed by atoms with Crippen LogP contribution in [0.1, 0.15) is 53.9 Å². The zero-order valence-electron chi connectivity index (χ0n) is 9.89. The van der Waals surface area contributed by atoms with Crippen molar-refractivity contribution in [3.63, 3.8) is 0 Å². The summed E-state index contributed by atoms with van der Waals surface area (Å²) in [5.74, 6) is 0. The average molecular weight is 199 g/mol. The predicted molar refractivity (Wildman–Crippen MR) is 56.8 cm³/mol. The zero-order chi connectivity index (χ0) is 11.2. The SMILES string of the molecule is CC1(C)CC(C)(C)CC(C)([N+](=O)[O-])C1. The molecule has 0 atom stereocenters. The molecule has 0 aromatic carbocycles. The monoisotopic (exact) mass is 199 g/mol. The maximum atomic E-state index is 11.1. The quantitative estimate of drug-likeness (QED) is 0.480. The molecule has 1 aliphatic carbocycles. The molecule has 14 heavy (non-hydrogen) atoms. The molecule has 0 aromatic heterocycles. The van der Waals surface area contributed by atoms with Gasteiger partial charge in [0.1, 0.15) is 0 Å². The van der Waals surface area contributed by atoms with E-state index >= 15 is 0 Å². The van der Waals surface area contributed by atoms with Crippen molar-refractivity contribution in [2.24, 2.45) is 10.8 Å². The summed E-state index contributed by atoms with van der Waals surface area (Å²) in [5.41, 5.74) is -0.557. The van der Waals surface area contributed by atoms with Gasteiger partial charge in [0.25, 0.3) is 0 Å². The molecule has 0 amide bonds. The third-order valence-electron chi connectivity index (χ3n) is 3.12. The smallest absolute Gasteiger partial charge is 0.220 e. The van der Waals surface area contributed by atoms with E-state index in [0.29, 0.717) is 12.8 Å². The van der Waals surface area contributed by atoms with Crippen molar-refractivity contribution < 1.29 is 4.92 Å². The second-order valence-electron chi connectivity index (χ2n) is 6.61. The number of nitrogens with zero attached hydrogens (tertiary/aromatic N) is 1. The van der Waals surface area contributed by atoms with Crippen LogP contribution in [0, 0.1) is 20.9 Å². The molecule has 0 N–H and O–H groups in total. The van der Waals surface area contributed by atoms with E-state index in [-0.39, 0.29) is 15.8 Å². The third kappa shape index (κ3) is 2.25. The molecule has 0 spiro atoms. The van der Waals surface area contributed by atoms with Crippen molar-refractivity contribution in [1.82, 2.24) is 0 Å². The van der Waals surface area contributed by atoms with Crippen LogP contribution in [0.3, 0.4) is 0 Å². The van der Waals surface area contributed by atoms with E-state index in [1.165, 1.54) is 0 Å². The Morgan fingerprint density at radius 1 is 0.929 bits per heavy atom. The van der Waals surface area contributed by atoms with Gasteiger partial charge in [-0.25, -0.2) is 0 Å². The van der Waals surface area contributed by atoms with Gasteiger partial charge >= 0.3 is 0 Å². The molecule has 0 heterocycles. The Morgan fingerprint density at radius 2 is 1.29 bits per heavy atom. The van der Waals surface area contributed by atoms with Crippen LogP contribution in [-0.2, 0) is 0 Å². The lowest BCUT2D eigenvalue weighted by atomic mass is 9.59. The first kappa shape index (κ1) is 11.5. The number of hydrogen-bond donors (Lipinski definition) is 0. The van der Waals surface area contributed by atoms with Crippen LogP contribution in [-0.4, -0.2) is 10.5 Å². The van der Waals surface area contributed by atoms with E-state index in [2.05, 4.69) is 27.7 Å². The first-order valence-electron chi connectivity index (χ1n) is 5.21. The summed E-state index contributed by atoms with van der Waals surface area (Å²) in [7, 11) is 0. The van der Waals surface area contributed by atoms with Crippen LogP contribution in [0.2, 0.25) is 0 Å². The molecule has 82 valence electrons. The Morgan fingerprint density at radius 3 is 1.57 bits per heavy atom. The summed E-state index contributed by atoms with van der Waals surface area (Å²) >= 11 is 0. The van der Waals surface area contributed by atoms with Gasteiger partial charge in [-0.15, -0.1) is 0 Å². The lowest BCUT2D eigenvalue weighted by Crippen LogP contribution is -2.48. The summed E-state index contributed by atoms with van der Waals surface area (Å²) in [6.45, 7) is 10.3. The van der Waals surface area contributed by atoms with E-state index < -0.39 is 5.54 Å². The van der Waals surface area contributed by atoms with Crippen molar-refractivity contribution in [1.29, 1.82) is 0 Å². The van der Waals surface area contributed by atoms with Crippen LogP contribution in [0.25, 0.3) is 0 Å². The number of rotatable bonds is 1. The molecule has 0 aliphatic heterocycles. The van der Waals surface area contributed by atoms with Crippen molar-refractivity contribution >= 4 is 0 Å². The van der Waals surface area contributed by atoms with E-state index in [1.807, 2.05) is 0 Å². The van der Waals surface area contributed by atoms with Crippen LogP contribution in [0.4, 0.5) is 0 Å².